The highest BCUT2D eigenvalue weighted by Crippen LogP contribution is 2.41. The lowest BCUT2D eigenvalue weighted by Crippen LogP contribution is -2.65. The van der Waals surface area contributed by atoms with Crippen molar-refractivity contribution >= 4 is 12.0 Å². The maximum absolute atomic E-state index is 14.3. The highest BCUT2D eigenvalue weighted by Gasteiger charge is 2.58. The molecule has 79 heavy (non-hydrogen) atoms. The summed E-state index contributed by atoms with van der Waals surface area (Å²) < 4.78 is 142. The summed E-state index contributed by atoms with van der Waals surface area (Å²) in [6.07, 6.45) is -6.86. The van der Waals surface area contributed by atoms with Gasteiger partial charge >= 0.3 is 5.97 Å². The van der Waals surface area contributed by atoms with Crippen LogP contribution in [0.1, 0.15) is 31.9 Å². The van der Waals surface area contributed by atoms with Gasteiger partial charge in [-0.25, -0.2) is 4.79 Å². The number of fused-ring (bicyclic) bond motifs is 1. The van der Waals surface area contributed by atoms with Gasteiger partial charge < -0.3 is 114 Å². The molecule has 5 rings (SSSR count). The molecule has 2 aromatic rings. The van der Waals surface area contributed by atoms with E-state index < -0.39 is 73.2 Å². The Kier molecular flexibility index (Phi) is 31.1. The van der Waals surface area contributed by atoms with Gasteiger partial charge in [0.05, 0.1) is 99.6 Å². The number of ether oxygens (including phenoxy) is 24. The van der Waals surface area contributed by atoms with Crippen molar-refractivity contribution in [1.29, 1.82) is 0 Å². The molecule has 0 bridgehead atoms. The van der Waals surface area contributed by atoms with Crippen molar-refractivity contribution in [1.82, 2.24) is 0 Å². The van der Waals surface area contributed by atoms with E-state index in [1.807, 2.05) is 19.1 Å². The van der Waals surface area contributed by atoms with Crippen LogP contribution in [0.4, 0.5) is 0 Å². The second-order valence-corrected chi connectivity index (χ2v) is 18.2. The summed E-state index contributed by atoms with van der Waals surface area (Å²) in [6, 6.07) is 10.7. The summed E-state index contributed by atoms with van der Waals surface area (Å²) in [7, 11) is 10.9. The molecule has 0 aliphatic carbocycles. The van der Waals surface area contributed by atoms with Crippen LogP contribution in [0.2, 0.25) is 0 Å². The fraction of sp³-hybridized carbons (Fsp3) is 0.722. The Hall–Kier alpha value is -3.91. The molecular formula is C54H84O25. The van der Waals surface area contributed by atoms with E-state index in [4.69, 9.17) is 114 Å². The lowest BCUT2D eigenvalue weighted by Gasteiger charge is -2.48. The molecule has 0 amide bonds. The highest BCUT2D eigenvalue weighted by atomic mass is 16.8. The van der Waals surface area contributed by atoms with Crippen LogP contribution in [-0.2, 0) is 106 Å². The van der Waals surface area contributed by atoms with Crippen LogP contribution in [-0.4, -0.2) is 236 Å². The molecule has 3 fully saturated rings. The summed E-state index contributed by atoms with van der Waals surface area (Å²) in [4.78, 5) is 14.3. The first-order valence-electron chi connectivity index (χ1n) is 26.1. The lowest BCUT2D eigenvalue weighted by molar-refractivity contribution is -0.365. The van der Waals surface area contributed by atoms with E-state index in [1.54, 1.807) is 86.8 Å². The molecule has 25 heteroatoms. The number of carbonyl (C=O) groups is 1. The maximum atomic E-state index is 14.3. The van der Waals surface area contributed by atoms with Crippen LogP contribution in [0.3, 0.4) is 0 Å². The van der Waals surface area contributed by atoms with Crippen molar-refractivity contribution in [3.8, 4) is 23.0 Å². The first-order chi connectivity index (χ1) is 38.5. The molecule has 3 aliphatic rings. The van der Waals surface area contributed by atoms with Crippen LogP contribution in [0.15, 0.2) is 42.5 Å². The van der Waals surface area contributed by atoms with Gasteiger partial charge in [0.1, 0.15) is 57.0 Å². The Balaban J connectivity index is 1.49. The fourth-order valence-corrected chi connectivity index (χ4v) is 8.25. The van der Waals surface area contributed by atoms with Gasteiger partial charge in [-0.3, -0.25) is 0 Å². The Morgan fingerprint density at radius 3 is 1.72 bits per heavy atom. The van der Waals surface area contributed by atoms with E-state index in [-0.39, 0.29) is 67.0 Å². The van der Waals surface area contributed by atoms with E-state index in [0.717, 1.165) is 5.56 Å². The zero-order chi connectivity index (χ0) is 56.7. The van der Waals surface area contributed by atoms with Crippen LogP contribution >= 0.6 is 0 Å². The van der Waals surface area contributed by atoms with Gasteiger partial charge in [-0.2, -0.15) is 0 Å². The predicted octanol–water partition coefficient (Wildman–Crippen LogP) is 3.91. The van der Waals surface area contributed by atoms with Gasteiger partial charge in [0, 0.05) is 41.6 Å². The van der Waals surface area contributed by atoms with Gasteiger partial charge in [0.25, 0.3) is 0 Å². The molecule has 3 saturated heterocycles. The first-order valence-corrected chi connectivity index (χ1v) is 26.1. The smallest absolute Gasteiger partial charge is 0.331 e. The largest absolute Gasteiger partial charge is 0.493 e. The third kappa shape index (κ3) is 22.4. The van der Waals surface area contributed by atoms with E-state index in [0.29, 0.717) is 81.2 Å². The number of benzene rings is 2. The van der Waals surface area contributed by atoms with Crippen molar-refractivity contribution in [2.24, 2.45) is 0 Å². The summed E-state index contributed by atoms with van der Waals surface area (Å²) in [5.74, 6) is -0.0571. The topological polar surface area (TPSA) is 239 Å². The van der Waals surface area contributed by atoms with Crippen LogP contribution in [0, 0.1) is 0 Å². The molecular weight excluding hydrogens is 1050 g/mol. The normalized spacial score (nSPS) is 24.6. The van der Waals surface area contributed by atoms with Crippen LogP contribution in [0.25, 0.3) is 6.08 Å². The minimum absolute atomic E-state index is 0.0224. The van der Waals surface area contributed by atoms with Gasteiger partial charge in [-0.15, -0.1) is 0 Å². The Labute approximate surface area is 463 Å². The molecule has 0 aromatic heterocycles. The number of carbonyl (C=O) groups excluding carboxylic acids is 1. The molecule has 450 valence electrons. The Morgan fingerprint density at radius 2 is 1.10 bits per heavy atom. The highest BCUT2D eigenvalue weighted by molar-refractivity contribution is 5.87. The summed E-state index contributed by atoms with van der Waals surface area (Å²) in [5.41, 5.74) is 1.43. The maximum Gasteiger partial charge on any atom is 0.331 e. The van der Waals surface area contributed by atoms with Gasteiger partial charge in [-0.1, -0.05) is 12.1 Å². The number of rotatable bonds is 42. The Bertz CT molecular complexity index is 1990. The van der Waals surface area contributed by atoms with Crippen molar-refractivity contribution in [2.75, 3.05) is 163 Å². The fourth-order valence-electron chi connectivity index (χ4n) is 8.25. The van der Waals surface area contributed by atoms with Crippen molar-refractivity contribution in [2.45, 2.75) is 94.4 Å². The SMILES string of the molecule is COCCOCOC[C@H]1O[C@@H](OCCc2ccc(OC)c(OCOCCOC)c2)[C@H](OCOCCOC)[C@@H](O[C@@H]2O[C@@H](C)[C@H](OCOCCOC)[C@H]3OC(C)(C)O[C@@H]23)[C@@H]1OC(=O)/C=C/c1ccc(OCOCCOC)c(OC)c1. The van der Waals surface area contributed by atoms with Crippen LogP contribution < -0.4 is 18.9 Å². The minimum Gasteiger partial charge on any atom is -0.493 e. The number of hydrogen-bond donors (Lipinski definition) is 0. The van der Waals surface area contributed by atoms with E-state index in [9.17, 15) is 4.79 Å². The zero-order valence-corrected chi connectivity index (χ0v) is 47.3. The molecule has 0 unspecified atom stereocenters. The van der Waals surface area contributed by atoms with E-state index >= 15 is 0 Å². The standard InChI is InChI=1S/C54H84O25/c1-37-46(72-35-66-27-22-59-7)49-51(79-54(2,3)78-49)53(74-37)77-48-47(76-45(55)16-13-38-12-15-41(42(29-38)62-10)70-33-64-25-20-57-5)44(31-68-32-63-24-19-56-4)75-52(50(48)73-36-67-28-23-60-8)69-18-17-39-11-14-40(61-9)43(30-39)71-34-65-26-21-58-6/h11-16,29-30,37,44,46-53H,17-28,31-36H2,1-10H3/b16-13+/t37-,44+,46-,47+,48-,49+,50+,51+,52+,53-/m0/s1. The quantitative estimate of drug-likeness (QED) is 0.0396. The van der Waals surface area contributed by atoms with Crippen molar-refractivity contribution in [3.05, 3.63) is 53.6 Å². The number of methoxy groups -OCH3 is 7. The second kappa shape index (κ2) is 37.2. The predicted molar refractivity (Wildman–Crippen MR) is 277 cm³/mol. The lowest BCUT2D eigenvalue weighted by atomic mass is 9.96. The molecule has 0 N–H and O–H groups in total. The third-order valence-electron chi connectivity index (χ3n) is 12.1. The molecule has 3 heterocycles. The molecule has 10 atom stereocenters. The van der Waals surface area contributed by atoms with Gasteiger partial charge in [-0.05, 0) is 68.7 Å². The Morgan fingerprint density at radius 1 is 0.532 bits per heavy atom. The second-order valence-electron chi connectivity index (χ2n) is 18.2. The van der Waals surface area contributed by atoms with Gasteiger partial charge in [0.2, 0.25) is 0 Å². The summed E-state index contributed by atoms with van der Waals surface area (Å²) >= 11 is 0. The molecule has 0 spiro atoms. The zero-order valence-electron chi connectivity index (χ0n) is 47.3. The summed E-state index contributed by atoms with van der Waals surface area (Å²) in [5, 5.41) is 0. The third-order valence-corrected chi connectivity index (χ3v) is 12.1. The van der Waals surface area contributed by atoms with Crippen molar-refractivity contribution in [3.63, 3.8) is 0 Å². The molecule has 0 radical (unpaired) electrons. The average molecular weight is 1130 g/mol. The van der Waals surface area contributed by atoms with Crippen molar-refractivity contribution < 1.29 is 118 Å². The van der Waals surface area contributed by atoms with Crippen LogP contribution in [0.5, 0.6) is 23.0 Å². The first kappa shape index (κ1) is 65.9. The van der Waals surface area contributed by atoms with Gasteiger partial charge in [0.15, 0.2) is 61.1 Å². The van der Waals surface area contributed by atoms with E-state index in [1.165, 1.54) is 13.2 Å². The van der Waals surface area contributed by atoms with E-state index in [2.05, 4.69) is 0 Å². The molecule has 2 aromatic carbocycles. The molecule has 0 saturated carbocycles. The molecule has 3 aliphatic heterocycles. The average Bonchev–Trinajstić information content (AvgIpc) is 3.91. The summed E-state index contributed by atoms with van der Waals surface area (Å²) in [6.45, 7) is 8.03. The monoisotopic (exact) mass is 1130 g/mol. The number of hydrogen-bond acceptors (Lipinski definition) is 25. The molecule has 25 nitrogen and oxygen atoms in total. The minimum atomic E-state index is -1.29. The number of esters is 1.